The second kappa shape index (κ2) is 13.2. The van der Waals surface area contributed by atoms with Gasteiger partial charge in [0.2, 0.25) is 0 Å². The van der Waals surface area contributed by atoms with Crippen LogP contribution in [0.15, 0.2) is 36.8 Å². The molecule has 6 rings (SSSR count). The molecule has 0 saturated carbocycles. The number of methoxy groups -OCH3 is 1. The van der Waals surface area contributed by atoms with E-state index in [1.54, 1.807) is 25.7 Å². The molecule has 3 aromatic heterocycles. The normalized spacial score (nSPS) is 18.3. The molecule has 1 N–H and O–H groups in total. The second-order valence-electron chi connectivity index (χ2n) is 12.8. The Balaban J connectivity index is 1.44. The van der Waals surface area contributed by atoms with Crippen LogP contribution >= 0.6 is 23.2 Å². The maximum Gasteiger partial charge on any atom is 0.162 e. The van der Waals surface area contributed by atoms with Gasteiger partial charge in [0.25, 0.3) is 0 Å². The van der Waals surface area contributed by atoms with Crippen LogP contribution < -0.4 is 19.7 Å². The van der Waals surface area contributed by atoms with Crippen molar-refractivity contribution in [1.29, 1.82) is 5.26 Å². The number of anilines is 1. The number of nitrogens with one attached hydrogen (secondary N) is 1. The third-order valence-electron chi connectivity index (χ3n) is 8.63. The van der Waals surface area contributed by atoms with Crippen LogP contribution in [0.1, 0.15) is 70.4 Å². The summed E-state index contributed by atoms with van der Waals surface area (Å²) in [5, 5.41) is 20.9. The summed E-state index contributed by atoms with van der Waals surface area (Å²) in [7, 11) is 1.60. The fourth-order valence-corrected chi connectivity index (χ4v) is 6.97. The van der Waals surface area contributed by atoms with Crippen LogP contribution in [0, 0.1) is 17.2 Å². The average molecular weight is 665 g/mol. The molecule has 12 heteroatoms. The highest BCUT2D eigenvalue weighted by Crippen LogP contribution is 2.43. The molecule has 2 fully saturated rings. The maximum absolute atomic E-state index is 10.5. The summed E-state index contributed by atoms with van der Waals surface area (Å²) in [6.45, 7) is 11.6. The van der Waals surface area contributed by atoms with E-state index in [2.05, 4.69) is 47.0 Å². The maximum atomic E-state index is 10.5. The van der Waals surface area contributed by atoms with Crippen molar-refractivity contribution in [3.63, 3.8) is 0 Å². The zero-order chi connectivity index (χ0) is 32.6. The van der Waals surface area contributed by atoms with Gasteiger partial charge in [-0.1, -0.05) is 37.0 Å². The molecule has 0 bridgehead atoms. The van der Waals surface area contributed by atoms with Gasteiger partial charge in [0, 0.05) is 60.9 Å². The van der Waals surface area contributed by atoms with Crippen molar-refractivity contribution in [1.82, 2.24) is 25.1 Å². The first-order chi connectivity index (χ1) is 22.1. The Hall–Kier alpha value is -3.62. The lowest BCUT2D eigenvalue weighted by molar-refractivity contribution is -0.0365. The summed E-state index contributed by atoms with van der Waals surface area (Å²) in [5.74, 6) is 2.21. The highest BCUT2D eigenvalue weighted by Gasteiger charge is 2.40. The van der Waals surface area contributed by atoms with Crippen LogP contribution in [-0.4, -0.2) is 58.6 Å². The van der Waals surface area contributed by atoms with E-state index in [1.165, 1.54) is 0 Å². The van der Waals surface area contributed by atoms with E-state index >= 15 is 0 Å². The Labute approximate surface area is 279 Å². The summed E-state index contributed by atoms with van der Waals surface area (Å²) in [4.78, 5) is 10.9. The minimum Gasteiger partial charge on any atom is -0.493 e. The van der Waals surface area contributed by atoms with Crippen molar-refractivity contribution in [2.75, 3.05) is 38.3 Å². The van der Waals surface area contributed by atoms with Crippen molar-refractivity contribution in [2.24, 2.45) is 5.92 Å². The van der Waals surface area contributed by atoms with Gasteiger partial charge in [0.1, 0.15) is 29.2 Å². The lowest BCUT2D eigenvalue weighted by Crippen LogP contribution is -2.68. The number of fused-ring (bicyclic) bond motifs is 1. The number of halogens is 2. The first-order valence-electron chi connectivity index (χ1n) is 15.7. The van der Waals surface area contributed by atoms with Crippen LogP contribution in [0.2, 0.25) is 10.0 Å². The number of pyridine rings is 2. The predicted octanol–water partition coefficient (Wildman–Crippen LogP) is 7.34. The van der Waals surface area contributed by atoms with Crippen molar-refractivity contribution in [2.45, 2.75) is 64.8 Å². The first-order valence-corrected chi connectivity index (χ1v) is 16.4. The molecule has 2 aliphatic heterocycles. The average Bonchev–Trinajstić information content (AvgIpc) is 3.40. The minimum absolute atomic E-state index is 0.0403. The molecular weight excluding hydrogens is 625 g/mol. The van der Waals surface area contributed by atoms with E-state index in [9.17, 15) is 5.26 Å². The van der Waals surface area contributed by atoms with Gasteiger partial charge in [-0.05, 0) is 57.7 Å². The van der Waals surface area contributed by atoms with E-state index in [0.717, 1.165) is 49.8 Å². The number of aromatic nitrogens is 4. The van der Waals surface area contributed by atoms with Gasteiger partial charge in [-0.3, -0.25) is 4.98 Å². The molecule has 1 aromatic carbocycles. The lowest BCUT2D eigenvalue weighted by atomic mass is 9.90. The van der Waals surface area contributed by atoms with E-state index in [0.29, 0.717) is 62.3 Å². The Kier molecular flexibility index (Phi) is 9.31. The van der Waals surface area contributed by atoms with E-state index in [1.807, 2.05) is 29.8 Å². The fraction of sp³-hybridized carbons (Fsp3) is 0.471. The standard InChI is InChI=1S/C34H39Cl2N7O3/c1-20(2)15-40-34(4)18-42(19-34)33-24(14-37)22(9-10-39-33)32-23-12-29(46-21(3)31-25(35)16-38-17-26(31)36)28(44-5)13-27(23)43(41-32)30-8-6-7-11-45-30/h9-10,12-13,16-17,20-21,30,40H,6-8,11,15,18-19H2,1-5H3/t21-,30?/m1/s1. The highest BCUT2D eigenvalue weighted by atomic mass is 35.5. The molecule has 5 heterocycles. The van der Waals surface area contributed by atoms with Gasteiger partial charge in [-0.2, -0.15) is 10.4 Å². The van der Waals surface area contributed by atoms with Gasteiger partial charge in [-0.25, -0.2) is 9.67 Å². The van der Waals surface area contributed by atoms with Gasteiger partial charge in [0.15, 0.2) is 17.7 Å². The second-order valence-corrected chi connectivity index (χ2v) is 13.6. The summed E-state index contributed by atoms with van der Waals surface area (Å²) in [6, 6.07) is 8.13. The number of rotatable bonds is 10. The topological polar surface area (TPSA) is 110 Å². The van der Waals surface area contributed by atoms with Gasteiger partial charge >= 0.3 is 0 Å². The number of hydrogen-bond donors (Lipinski definition) is 1. The fourth-order valence-electron chi connectivity index (χ4n) is 6.30. The molecule has 46 heavy (non-hydrogen) atoms. The number of nitrogens with zero attached hydrogens (tertiary/aromatic N) is 6. The smallest absolute Gasteiger partial charge is 0.162 e. The number of ether oxygens (including phenoxy) is 3. The quantitative estimate of drug-likeness (QED) is 0.186. The highest BCUT2D eigenvalue weighted by molar-refractivity contribution is 6.35. The summed E-state index contributed by atoms with van der Waals surface area (Å²) in [5.41, 5.74) is 3.22. The third kappa shape index (κ3) is 6.21. The Morgan fingerprint density at radius 1 is 1.15 bits per heavy atom. The third-order valence-corrected chi connectivity index (χ3v) is 9.24. The van der Waals surface area contributed by atoms with E-state index in [4.69, 9.17) is 42.5 Å². The molecule has 1 unspecified atom stereocenters. The first kappa shape index (κ1) is 32.3. The van der Waals surface area contributed by atoms with Crippen molar-refractivity contribution in [3.05, 3.63) is 58.0 Å². The molecule has 0 amide bonds. The van der Waals surface area contributed by atoms with Crippen molar-refractivity contribution >= 4 is 39.9 Å². The molecule has 0 spiro atoms. The van der Waals surface area contributed by atoms with Crippen LogP contribution in [-0.2, 0) is 4.74 Å². The molecule has 10 nitrogen and oxygen atoms in total. The van der Waals surface area contributed by atoms with Gasteiger partial charge < -0.3 is 24.4 Å². The van der Waals surface area contributed by atoms with Crippen LogP contribution in [0.3, 0.4) is 0 Å². The van der Waals surface area contributed by atoms with Gasteiger partial charge in [-0.15, -0.1) is 0 Å². The lowest BCUT2D eigenvalue weighted by Gasteiger charge is -2.49. The summed E-state index contributed by atoms with van der Waals surface area (Å²) < 4.78 is 20.4. The Morgan fingerprint density at radius 2 is 1.91 bits per heavy atom. The zero-order valence-corrected chi connectivity index (χ0v) is 28.3. The summed E-state index contributed by atoms with van der Waals surface area (Å²) >= 11 is 12.9. The molecular formula is C34H39Cl2N7O3. The van der Waals surface area contributed by atoms with E-state index in [-0.39, 0.29) is 11.8 Å². The summed E-state index contributed by atoms with van der Waals surface area (Å²) in [6.07, 6.45) is 6.95. The molecule has 2 saturated heterocycles. The van der Waals surface area contributed by atoms with Gasteiger partial charge in [0.05, 0.1) is 28.2 Å². The molecule has 4 aromatic rings. The van der Waals surface area contributed by atoms with Crippen LogP contribution in [0.4, 0.5) is 5.82 Å². The minimum atomic E-state index is -0.512. The number of hydrogen-bond acceptors (Lipinski definition) is 9. The molecule has 2 atom stereocenters. The molecule has 242 valence electrons. The molecule has 0 aliphatic carbocycles. The number of nitriles is 1. The Bertz CT molecular complexity index is 1750. The monoisotopic (exact) mass is 663 g/mol. The number of benzene rings is 1. The molecule has 0 radical (unpaired) electrons. The van der Waals surface area contributed by atoms with Crippen LogP contribution in [0.25, 0.3) is 22.2 Å². The SMILES string of the molecule is COc1cc2c(cc1O[C@H](C)c1c(Cl)cncc1Cl)c(-c1ccnc(N3CC(C)(NCC(C)C)C3)c1C#N)nn2C1CCCCO1. The van der Waals surface area contributed by atoms with Crippen molar-refractivity contribution < 1.29 is 14.2 Å². The predicted molar refractivity (Wildman–Crippen MR) is 180 cm³/mol. The van der Waals surface area contributed by atoms with E-state index < -0.39 is 6.10 Å². The molecule has 2 aliphatic rings. The van der Waals surface area contributed by atoms with Crippen molar-refractivity contribution in [3.8, 4) is 28.8 Å². The van der Waals surface area contributed by atoms with Crippen LogP contribution in [0.5, 0.6) is 11.5 Å². The largest absolute Gasteiger partial charge is 0.493 e. The Morgan fingerprint density at radius 3 is 2.57 bits per heavy atom. The zero-order valence-electron chi connectivity index (χ0n) is 26.8.